The summed E-state index contributed by atoms with van der Waals surface area (Å²) < 4.78 is 16.4. The molecule has 0 atom stereocenters. The van der Waals surface area contributed by atoms with Crippen LogP contribution in [-0.2, 0) is 22.7 Å². The van der Waals surface area contributed by atoms with Crippen LogP contribution in [0.3, 0.4) is 0 Å². The van der Waals surface area contributed by atoms with Crippen molar-refractivity contribution in [2.75, 3.05) is 7.11 Å². The monoisotopic (exact) mass is 510 g/mol. The molecular weight excluding hydrogens is 492 g/mol. The fraction of sp³-hybridized carbons (Fsp3) is 0.120. The van der Waals surface area contributed by atoms with Crippen LogP contribution in [0, 0.1) is 0 Å². The highest BCUT2D eigenvalue weighted by atomic mass is 35.5. The third-order valence-electron chi connectivity index (χ3n) is 5.23. The second-order valence-electron chi connectivity index (χ2n) is 7.61. The molecule has 4 rings (SSSR count). The summed E-state index contributed by atoms with van der Waals surface area (Å²) >= 11 is 6.41. The molecule has 184 valence electrons. The second-order valence-corrected chi connectivity index (χ2v) is 8.02. The number of rotatable bonds is 8. The highest BCUT2D eigenvalue weighted by Gasteiger charge is 2.36. The molecule has 0 unspecified atom stereocenters. The Balaban J connectivity index is 1.56. The number of amides is 4. The summed E-state index contributed by atoms with van der Waals surface area (Å²) in [5, 5.41) is 11.3. The Morgan fingerprint density at radius 2 is 1.92 bits per heavy atom. The number of benzene rings is 2. The number of urea groups is 1. The van der Waals surface area contributed by atoms with E-state index in [2.05, 4.69) is 5.32 Å². The SMILES string of the molecule is COc1cc(/C=C2\C(=O)NC(=O)N(Cc3ccco3)C2=O)cc(Cl)c1OCc1ccc(C(=O)O)cc1. The maximum Gasteiger partial charge on any atom is 0.335 e. The van der Waals surface area contributed by atoms with Gasteiger partial charge in [-0.1, -0.05) is 23.7 Å². The van der Waals surface area contributed by atoms with Crippen molar-refractivity contribution >= 4 is 41.5 Å². The number of carboxylic acids is 1. The lowest BCUT2D eigenvalue weighted by molar-refractivity contribution is -0.130. The van der Waals surface area contributed by atoms with Crippen molar-refractivity contribution < 1.29 is 38.2 Å². The van der Waals surface area contributed by atoms with Gasteiger partial charge in [0.1, 0.15) is 17.9 Å². The molecule has 3 aromatic rings. The van der Waals surface area contributed by atoms with Crippen molar-refractivity contribution in [2.24, 2.45) is 0 Å². The van der Waals surface area contributed by atoms with Crippen LogP contribution in [-0.4, -0.2) is 40.9 Å². The fourth-order valence-electron chi connectivity index (χ4n) is 3.42. The molecule has 2 heterocycles. The molecule has 2 N–H and O–H groups in total. The van der Waals surface area contributed by atoms with E-state index in [1.54, 1.807) is 24.3 Å². The third kappa shape index (κ3) is 5.23. The Labute approximate surface area is 209 Å². The molecule has 1 fully saturated rings. The Morgan fingerprint density at radius 3 is 2.56 bits per heavy atom. The predicted molar refractivity (Wildman–Crippen MR) is 127 cm³/mol. The highest BCUT2D eigenvalue weighted by Crippen LogP contribution is 2.37. The van der Waals surface area contributed by atoms with Crippen molar-refractivity contribution in [1.82, 2.24) is 10.2 Å². The summed E-state index contributed by atoms with van der Waals surface area (Å²) in [4.78, 5) is 49.4. The minimum absolute atomic E-state index is 0.0845. The Morgan fingerprint density at radius 1 is 1.17 bits per heavy atom. The number of nitrogens with zero attached hydrogens (tertiary/aromatic N) is 1. The summed E-state index contributed by atoms with van der Waals surface area (Å²) in [6.07, 6.45) is 2.70. The molecule has 10 nitrogen and oxygen atoms in total. The van der Waals surface area contributed by atoms with E-state index in [0.717, 1.165) is 4.90 Å². The summed E-state index contributed by atoms with van der Waals surface area (Å²) in [6.45, 7) is -0.0618. The van der Waals surface area contributed by atoms with E-state index >= 15 is 0 Å². The number of nitrogens with one attached hydrogen (secondary N) is 1. The zero-order valence-electron chi connectivity index (χ0n) is 18.8. The second kappa shape index (κ2) is 10.4. The average molecular weight is 511 g/mol. The van der Waals surface area contributed by atoms with Crippen LogP contribution in [0.1, 0.15) is 27.2 Å². The Hall–Kier alpha value is -4.57. The molecule has 0 spiro atoms. The molecule has 4 amide bonds. The van der Waals surface area contributed by atoms with E-state index in [-0.39, 0.29) is 40.8 Å². The lowest BCUT2D eigenvalue weighted by atomic mass is 10.1. The van der Waals surface area contributed by atoms with Gasteiger partial charge in [0.25, 0.3) is 11.8 Å². The van der Waals surface area contributed by atoms with E-state index in [4.69, 9.17) is 30.6 Å². The van der Waals surface area contributed by atoms with Crippen molar-refractivity contribution in [3.63, 3.8) is 0 Å². The van der Waals surface area contributed by atoms with Crippen LogP contribution in [0.5, 0.6) is 11.5 Å². The molecule has 2 aromatic carbocycles. The normalized spacial score (nSPS) is 14.7. The van der Waals surface area contributed by atoms with Gasteiger partial charge in [0.15, 0.2) is 11.5 Å². The van der Waals surface area contributed by atoms with E-state index in [0.29, 0.717) is 16.9 Å². The topological polar surface area (TPSA) is 135 Å². The minimum Gasteiger partial charge on any atom is -0.493 e. The van der Waals surface area contributed by atoms with Gasteiger partial charge < -0.3 is 19.0 Å². The summed E-state index contributed by atoms with van der Waals surface area (Å²) in [5.74, 6) is -1.84. The van der Waals surface area contributed by atoms with Crippen LogP contribution in [0.4, 0.5) is 4.79 Å². The smallest absolute Gasteiger partial charge is 0.335 e. The van der Waals surface area contributed by atoms with Crippen LogP contribution in [0.2, 0.25) is 5.02 Å². The summed E-state index contributed by atoms with van der Waals surface area (Å²) in [7, 11) is 1.40. The van der Waals surface area contributed by atoms with Crippen molar-refractivity contribution in [3.05, 3.63) is 87.8 Å². The fourth-order valence-corrected chi connectivity index (χ4v) is 3.70. The molecule has 0 aliphatic carbocycles. The molecule has 1 aliphatic heterocycles. The summed E-state index contributed by atoms with van der Waals surface area (Å²) in [6, 6.07) is 11.5. The Bertz CT molecular complexity index is 1360. The summed E-state index contributed by atoms with van der Waals surface area (Å²) in [5.41, 5.74) is 0.944. The molecule has 0 bridgehead atoms. The van der Waals surface area contributed by atoms with Crippen LogP contribution in [0.25, 0.3) is 6.08 Å². The zero-order valence-corrected chi connectivity index (χ0v) is 19.6. The molecular formula is C25H19ClN2O8. The van der Waals surface area contributed by atoms with Gasteiger partial charge in [0, 0.05) is 0 Å². The van der Waals surface area contributed by atoms with Gasteiger partial charge in [-0.05, 0) is 53.6 Å². The van der Waals surface area contributed by atoms with Gasteiger partial charge in [-0.25, -0.2) is 9.59 Å². The van der Waals surface area contributed by atoms with E-state index in [1.807, 2.05) is 0 Å². The number of carboxylic acid groups (broad SMARTS) is 1. The molecule has 11 heteroatoms. The van der Waals surface area contributed by atoms with Crippen molar-refractivity contribution in [2.45, 2.75) is 13.2 Å². The van der Waals surface area contributed by atoms with Crippen LogP contribution < -0.4 is 14.8 Å². The number of carbonyl (C=O) groups excluding carboxylic acids is 3. The van der Waals surface area contributed by atoms with E-state index in [1.165, 1.54) is 43.7 Å². The lowest BCUT2D eigenvalue weighted by Gasteiger charge is -2.25. The van der Waals surface area contributed by atoms with Crippen molar-refractivity contribution in [3.8, 4) is 11.5 Å². The molecule has 1 aromatic heterocycles. The third-order valence-corrected chi connectivity index (χ3v) is 5.51. The number of barbiturate groups is 1. The van der Waals surface area contributed by atoms with Gasteiger partial charge in [-0.2, -0.15) is 0 Å². The first-order valence-electron chi connectivity index (χ1n) is 10.5. The minimum atomic E-state index is -1.03. The number of hydrogen-bond donors (Lipinski definition) is 2. The number of ether oxygens (including phenoxy) is 2. The average Bonchev–Trinajstić information content (AvgIpc) is 3.37. The largest absolute Gasteiger partial charge is 0.493 e. The van der Waals surface area contributed by atoms with Gasteiger partial charge in [-0.15, -0.1) is 0 Å². The zero-order chi connectivity index (χ0) is 25.8. The first kappa shape index (κ1) is 24.6. The van der Waals surface area contributed by atoms with Gasteiger partial charge in [-0.3, -0.25) is 19.8 Å². The van der Waals surface area contributed by atoms with Gasteiger partial charge in [0.2, 0.25) is 0 Å². The quantitative estimate of drug-likeness (QED) is 0.344. The number of methoxy groups -OCH3 is 1. The molecule has 1 saturated heterocycles. The lowest BCUT2D eigenvalue weighted by Crippen LogP contribution is -2.53. The maximum atomic E-state index is 12.9. The highest BCUT2D eigenvalue weighted by molar-refractivity contribution is 6.33. The van der Waals surface area contributed by atoms with E-state index in [9.17, 15) is 19.2 Å². The first-order valence-corrected chi connectivity index (χ1v) is 10.9. The predicted octanol–water partition coefficient (Wildman–Crippen LogP) is 3.88. The molecule has 36 heavy (non-hydrogen) atoms. The van der Waals surface area contributed by atoms with Crippen molar-refractivity contribution in [1.29, 1.82) is 0 Å². The van der Waals surface area contributed by atoms with Crippen LogP contribution >= 0.6 is 11.6 Å². The van der Waals surface area contributed by atoms with E-state index < -0.39 is 23.8 Å². The number of aromatic carboxylic acids is 1. The standard InChI is InChI=1S/C25H19ClN2O8/c1-34-20-11-15(10-19(26)21(20)36-13-14-4-6-16(7-5-14)24(31)32)9-18-22(29)27-25(33)28(23(18)30)12-17-3-2-8-35-17/h2-11H,12-13H2,1H3,(H,31,32)(H,27,29,33)/b18-9+. The maximum absolute atomic E-state index is 12.9. The van der Waals surface area contributed by atoms with Crippen LogP contribution in [0.15, 0.2) is 64.8 Å². The first-order chi connectivity index (χ1) is 17.3. The number of halogens is 1. The number of hydrogen-bond acceptors (Lipinski definition) is 7. The number of carbonyl (C=O) groups is 4. The van der Waals surface area contributed by atoms with Gasteiger partial charge >= 0.3 is 12.0 Å². The van der Waals surface area contributed by atoms with Gasteiger partial charge in [0.05, 0.1) is 30.5 Å². The number of imide groups is 2. The molecule has 0 radical (unpaired) electrons. The number of furan rings is 1. The molecule has 1 aliphatic rings. The Kier molecular flexibility index (Phi) is 7.07. The molecule has 0 saturated carbocycles.